The molecular weight excluding hydrogens is 665 g/mol. The number of nitrogens with one attached hydrogen (secondary N) is 2. The number of ether oxygens (including phenoxy) is 6. The van der Waals surface area contributed by atoms with Gasteiger partial charge in [-0.1, -0.05) is 0 Å². The maximum Gasteiger partial charge on any atom is 0.328 e. The first kappa shape index (κ1) is 34.2. The molecule has 0 radical (unpaired) electrons. The molecular formula is C33H36FN3O11S. The fraction of sp³-hybridized carbons (Fsp3) is 0.455. The topological polar surface area (TPSA) is 177 Å². The number of phenolic OH excluding ortho intramolecular Hbond substituents is 1. The molecule has 6 rings (SSSR count). The monoisotopic (exact) mass is 701 g/mol. The Labute approximate surface area is 283 Å². The molecule has 5 atom stereocenters. The van der Waals surface area contributed by atoms with Gasteiger partial charge in [-0.05, 0) is 65.8 Å². The standard InChI is InChI=1S/C33H36FN3O11S/c1-43-24-9-16(10-25(44-2)29(24)38)26-17-11-22-23(48-15-47-22)12-18(17)28(19-14-46-32(41)27(19)26)35-21(5-8-49-3)31(40)45-7-4-6-37-13-20(34)30(39)36-33(37)42/h9-13,19,21,26-28,35,38H,4-8,14-15H2,1-3H3,(H,36,39,42)/t19-,21-,26+,27-,28+/m0/s1. The second kappa shape index (κ2) is 14.4. The van der Waals surface area contributed by atoms with Gasteiger partial charge in [-0.2, -0.15) is 16.2 Å². The van der Waals surface area contributed by atoms with Gasteiger partial charge >= 0.3 is 17.6 Å². The summed E-state index contributed by atoms with van der Waals surface area (Å²) < 4.78 is 48.3. The third kappa shape index (κ3) is 6.66. The van der Waals surface area contributed by atoms with Gasteiger partial charge in [0.25, 0.3) is 5.56 Å². The van der Waals surface area contributed by atoms with Crippen LogP contribution in [0.3, 0.4) is 0 Å². The Hall–Kier alpha value is -4.70. The molecule has 14 nitrogen and oxygen atoms in total. The summed E-state index contributed by atoms with van der Waals surface area (Å²) in [4.78, 5) is 52.3. The van der Waals surface area contributed by atoms with Gasteiger partial charge in [-0.15, -0.1) is 0 Å². The van der Waals surface area contributed by atoms with Crippen LogP contribution in [0.25, 0.3) is 0 Å². The molecule has 1 saturated heterocycles. The first-order chi connectivity index (χ1) is 23.6. The van der Waals surface area contributed by atoms with Crippen molar-refractivity contribution < 1.29 is 47.5 Å². The Morgan fingerprint density at radius 3 is 2.47 bits per heavy atom. The van der Waals surface area contributed by atoms with Gasteiger partial charge in [0.05, 0.1) is 39.5 Å². The number of aryl methyl sites for hydroxylation is 1. The molecule has 0 unspecified atom stereocenters. The molecule has 0 saturated carbocycles. The lowest BCUT2D eigenvalue weighted by Crippen LogP contribution is -2.47. The zero-order chi connectivity index (χ0) is 34.8. The number of aromatic nitrogens is 2. The van der Waals surface area contributed by atoms with Gasteiger partial charge in [0.2, 0.25) is 18.4 Å². The number of carbonyl (C=O) groups excluding carboxylic acids is 2. The van der Waals surface area contributed by atoms with Gasteiger partial charge in [0.1, 0.15) is 6.04 Å². The third-order valence-corrected chi connectivity index (χ3v) is 9.72. The number of benzene rings is 2. The minimum absolute atomic E-state index is 0.0172. The van der Waals surface area contributed by atoms with E-state index in [4.69, 9.17) is 28.4 Å². The predicted molar refractivity (Wildman–Crippen MR) is 173 cm³/mol. The maximum atomic E-state index is 13.7. The molecule has 1 aliphatic carbocycles. The molecule has 16 heteroatoms. The van der Waals surface area contributed by atoms with Gasteiger partial charge in [-0.25, -0.2) is 4.79 Å². The minimum Gasteiger partial charge on any atom is -0.502 e. The van der Waals surface area contributed by atoms with E-state index >= 15 is 0 Å². The van der Waals surface area contributed by atoms with Crippen molar-refractivity contribution in [2.24, 2.45) is 11.8 Å². The Morgan fingerprint density at radius 2 is 1.80 bits per heavy atom. The number of aromatic amines is 1. The van der Waals surface area contributed by atoms with E-state index in [1.807, 2.05) is 23.4 Å². The van der Waals surface area contributed by atoms with E-state index < -0.39 is 58.8 Å². The van der Waals surface area contributed by atoms with Crippen molar-refractivity contribution in [3.8, 4) is 28.7 Å². The number of methoxy groups -OCH3 is 2. The number of thioether (sulfide) groups is 1. The summed E-state index contributed by atoms with van der Waals surface area (Å²) in [5.74, 6) is -1.86. The summed E-state index contributed by atoms with van der Waals surface area (Å²) in [5, 5.41) is 14.1. The Balaban J connectivity index is 1.31. The number of halogens is 1. The van der Waals surface area contributed by atoms with Crippen molar-refractivity contribution in [3.63, 3.8) is 0 Å². The number of cyclic esters (lactones) is 1. The average Bonchev–Trinajstić information content (AvgIpc) is 3.72. The zero-order valence-electron chi connectivity index (χ0n) is 27.0. The Bertz CT molecular complexity index is 1840. The van der Waals surface area contributed by atoms with Crippen molar-refractivity contribution in [1.82, 2.24) is 14.9 Å². The number of esters is 2. The van der Waals surface area contributed by atoms with Crippen molar-refractivity contribution >= 4 is 23.7 Å². The molecule has 0 amide bonds. The summed E-state index contributed by atoms with van der Waals surface area (Å²) in [6.45, 7) is 0.0664. The number of fused-ring (bicyclic) bond motifs is 3. The molecule has 1 fully saturated rings. The first-order valence-corrected chi connectivity index (χ1v) is 17.0. The molecule has 262 valence electrons. The summed E-state index contributed by atoms with van der Waals surface area (Å²) in [6.07, 6.45) is 3.33. The molecule has 3 aliphatic rings. The molecule has 1 aromatic heterocycles. The van der Waals surface area contributed by atoms with Crippen molar-refractivity contribution in [2.45, 2.75) is 37.4 Å². The molecule has 0 spiro atoms. The van der Waals surface area contributed by atoms with E-state index in [9.17, 15) is 28.7 Å². The third-order valence-electron chi connectivity index (χ3n) is 9.08. The van der Waals surface area contributed by atoms with Crippen LogP contribution in [0.1, 0.15) is 41.5 Å². The highest BCUT2D eigenvalue weighted by molar-refractivity contribution is 7.98. The predicted octanol–water partition coefficient (Wildman–Crippen LogP) is 2.45. The van der Waals surface area contributed by atoms with Crippen LogP contribution in [-0.2, 0) is 25.6 Å². The van der Waals surface area contributed by atoms with E-state index in [0.29, 0.717) is 29.2 Å². The fourth-order valence-corrected chi connectivity index (χ4v) is 7.22. The molecule has 49 heavy (non-hydrogen) atoms. The van der Waals surface area contributed by atoms with Crippen LogP contribution in [0.15, 0.2) is 40.1 Å². The zero-order valence-corrected chi connectivity index (χ0v) is 27.8. The quantitative estimate of drug-likeness (QED) is 0.175. The number of rotatable bonds is 13. The minimum atomic E-state index is -1.10. The van der Waals surface area contributed by atoms with Gasteiger partial charge in [-0.3, -0.25) is 29.3 Å². The highest BCUT2D eigenvalue weighted by Crippen LogP contribution is 2.55. The Kier molecular flexibility index (Phi) is 10.1. The summed E-state index contributed by atoms with van der Waals surface area (Å²) in [6, 6.07) is 5.70. The fourth-order valence-electron chi connectivity index (χ4n) is 6.75. The van der Waals surface area contributed by atoms with Crippen LogP contribution in [-0.4, -0.2) is 78.9 Å². The largest absolute Gasteiger partial charge is 0.502 e. The first-order valence-electron chi connectivity index (χ1n) is 15.6. The summed E-state index contributed by atoms with van der Waals surface area (Å²) in [5.41, 5.74) is 0.306. The smallest absolute Gasteiger partial charge is 0.328 e. The van der Waals surface area contributed by atoms with Gasteiger partial charge < -0.3 is 33.5 Å². The number of phenols is 1. The number of H-pyrrole nitrogens is 1. The maximum absolute atomic E-state index is 13.7. The average molecular weight is 702 g/mol. The van der Waals surface area contributed by atoms with Crippen LogP contribution in [0.2, 0.25) is 0 Å². The van der Waals surface area contributed by atoms with Crippen LogP contribution < -0.4 is 35.5 Å². The second-order valence-electron chi connectivity index (χ2n) is 11.8. The van der Waals surface area contributed by atoms with Crippen molar-refractivity contribution in [1.29, 1.82) is 0 Å². The number of hydrogen-bond donors (Lipinski definition) is 3. The van der Waals surface area contributed by atoms with E-state index in [1.54, 1.807) is 23.9 Å². The molecule has 3 aromatic rings. The van der Waals surface area contributed by atoms with E-state index in [-0.39, 0.29) is 50.2 Å². The summed E-state index contributed by atoms with van der Waals surface area (Å²) in [7, 11) is 2.85. The lowest BCUT2D eigenvalue weighted by Gasteiger charge is -2.40. The number of aromatic hydroxyl groups is 1. The van der Waals surface area contributed by atoms with Gasteiger partial charge in [0.15, 0.2) is 23.0 Å². The summed E-state index contributed by atoms with van der Waals surface area (Å²) >= 11 is 1.56. The number of hydrogen-bond acceptors (Lipinski definition) is 13. The van der Waals surface area contributed by atoms with Crippen LogP contribution in [0.5, 0.6) is 28.7 Å². The van der Waals surface area contributed by atoms with Crippen molar-refractivity contribution in [3.05, 3.63) is 73.8 Å². The highest BCUT2D eigenvalue weighted by atomic mass is 32.2. The van der Waals surface area contributed by atoms with Crippen LogP contribution >= 0.6 is 11.8 Å². The number of carbonyl (C=O) groups is 2. The number of nitrogens with zero attached hydrogens (tertiary/aromatic N) is 1. The van der Waals surface area contributed by atoms with E-state index in [1.165, 1.54) is 14.2 Å². The van der Waals surface area contributed by atoms with E-state index in [0.717, 1.165) is 21.9 Å². The van der Waals surface area contributed by atoms with Crippen LogP contribution in [0, 0.1) is 17.7 Å². The molecule has 2 aliphatic heterocycles. The molecule has 3 N–H and O–H groups in total. The highest BCUT2D eigenvalue weighted by Gasteiger charge is 2.53. The normalized spacial score (nSPS) is 21.0. The Morgan fingerprint density at radius 1 is 1.10 bits per heavy atom. The second-order valence-corrected chi connectivity index (χ2v) is 12.8. The lowest BCUT2D eigenvalue weighted by atomic mass is 9.65. The van der Waals surface area contributed by atoms with Crippen molar-refractivity contribution in [2.75, 3.05) is 46.2 Å². The van der Waals surface area contributed by atoms with E-state index in [2.05, 4.69) is 5.32 Å². The molecule has 2 aromatic carbocycles. The molecule has 0 bridgehead atoms. The SMILES string of the molecule is COc1cc([C@@H]2c3cc4c(cc3[C@@H](N[C@@H](CCSC)C(=O)OCCCn3cc(F)c(=O)[nH]c3=O)[C@H]3COC(=O)[C@H]23)OCO4)cc(OC)c1O. The van der Waals surface area contributed by atoms with Crippen LogP contribution in [0.4, 0.5) is 4.39 Å². The van der Waals surface area contributed by atoms with Gasteiger partial charge in [0, 0.05) is 24.4 Å². The lowest BCUT2D eigenvalue weighted by molar-refractivity contribution is -0.146. The molecule has 3 heterocycles.